The van der Waals surface area contributed by atoms with E-state index in [9.17, 15) is 9.59 Å². The summed E-state index contributed by atoms with van der Waals surface area (Å²) in [5, 5.41) is 2.30. The fraction of sp³-hybridized carbons (Fsp3) is 0.227. The monoisotopic (exact) mass is 404 g/mol. The van der Waals surface area contributed by atoms with Crippen LogP contribution in [0.3, 0.4) is 0 Å². The maximum Gasteiger partial charge on any atom is 0.258 e. The molecule has 4 aromatic rings. The number of anilines is 1. The predicted molar refractivity (Wildman–Crippen MR) is 117 cm³/mol. The molecule has 146 valence electrons. The summed E-state index contributed by atoms with van der Waals surface area (Å²) in [7, 11) is 1.69. The molecule has 1 aliphatic heterocycles. The molecule has 1 aliphatic rings. The van der Waals surface area contributed by atoms with Gasteiger partial charge in [0.2, 0.25) is 0 Å². The van der Waals surface area contributed by atoms with Crippen LogP contribution in [-0.2, 0) is 7.05 Å². The van der Waals surface area contributed by atoms with Gasteiger partial charge in [0.05, 0.1) is 15.8 Å². The number of benzene rings is 2. The Balaban J connectivity index is 1.38. The van der Waals surface area contributed by atoms with Gasteiger partial charge in [-0.15, -0.1) is 0 Å². The predicted octanol–water partition coefficient (Wildman–Crippen LogP) is 3.11. The van der Waals surface area contributed by atoms with E-state index in [4.69, 9.17) is 4.98 Å². The second-order valence-electron chi connectivity index (χ2n) is 7.25. The molecule has 29 heavy (non-hydrogen) atoms. The van der Waals surface area contributed by atoms with Crippen LogP contribution in [0.25, 0.3) is 21.0 Å². The van der Waals surface area contributed by atoms with Gasteiger partial charge in [0.15, 0.2) is 5.13 Å². The molecule has 2 aromatic heterocycles. The number of carbonyl (C=O) groups is 1. The molecule has 7 heteroatoms. The Kier molecular flexibility index (Phi) is 4.32. The molecule has 5 rings (SSSR count). The highest BCUT2D eigenvalue weighted by Gasteiger charge is 2.25. The van der Waals surface area contributed by atoms with Crippen molar-refractivity contribution >= 4 is 43.4 Å². The van der Waals surface area contributed by atoms with Crippen LogP contribution in [0.1, 0.15) is 10.4 Å². The summed E-state index contributed by atoms with van der Waals surface area (Å²) in [6.07, 6.45) is 1.66. The van der Waals surface area contributed by atoms with Crippen LogP contribution in [-0.4, -0.2) is 46.5 Å². The van der Waals surface area contributed by atoms with E-state index in [-0.39, 0.29) is 11.5 Å². The summed E-state index contributed by atoms with van der Waals surface area (Å²) < 4.78 is 2.67. The van der Waals surface area contributed by atoms with Crippen molar-refractivity contribution in [2.45, 2.75) is 0 Å². The van der Waals surface area contributed by atoms with Crippen molar-refractivity contribution in [2.75, 3.05) is 31.1 Å². The average molecular weight is 404 g/mol. The molecule has 0 atom stereocenters. The van der Waals surface area contributed by atoms with Gasteiger partial charge in [0.25, 0.3) is 11.5 Å². The molecular weight excluding hydrogens is 384 g/mol. The Hall–Kier alpha value is -3.19. The van der Waals surface area contributed by atoms with E-state index in [2.05, 4.69) is 11.0 Å². The topological polar surface area (TPSA) is 58.4 Å². The Morgan fingerprint density at radius 2 is 1.66 bits per heavy atom. The van der Waals surface area contributed by atoms with Crippen LogP contribution in [0.4, 0.5) is 5.13 Å². The number of para-hydroxylation sites is 1. The minimum atomic E-state index is -0.0854. The molecule has 0 spiro atoms. The summed E-state index contributed by atoms with van der Waals surface area (Å²) in [4.78, 5) is 34.5. The summed E-state index contributed by atoms with van der Waals surface area (Å²) >= 11 is 1.69. The lowest BCUT2D eigenvalue weighted by Gasteiger charge is -2.34. The van der Waals surface area contributed by atoms with Crippen molar-refractivity contribution < 1.29 is 4.79 Å². The van der Waals surface area contributed by atoms with Crippen LogP contribution in [0.15, 0.2) is 59.5 Å². The molecule has 1 fully saturated rings. The van der Waals surface area contributed by atoms with Gasteiger partial charge in [-0.3, -0.25) is 9.59 Å². The number of rotatable bonds is 2. The molecule has 0 unspecified atom stereocenters. The van der Waals surface area contributed by atoms with Crippen molar-refractivity contribution in [1.29, 1.82) is 0 Å². The third kappa shape index (κ3) is 3.07. The zero-order valence-corrected chi connectivity index (χ0v) is 16.9. The maximum absolute atomic E-state index is 13.2. The Morgan fingerprint density at radius 3 is 2.41 bits per heavy atom. The minimum Gasteiger partial charge on any atom is -0.345 e. The zero-order valence-electron chi connectivity index (χ0n) is 16.0. The zero-order chi connectivity index (χ0) is 20.0. The highest BCUT2D eigenvalue weighted by Crippen LogP contribution is 2.29. The van der Waals surface area contributed by atoms with Gasteiger partial charge >= 0.3 is 0 Å². The number of hydrogen-bond acceptors (Lipinski definition) is 5. The molecule has 1 amide bonds. The minimum absolute atomic E-state index is 0.0271. The molecular formula is C22H20N4O2S. The first-order valence-corrected chi connectivity index (χ1v) is 10.4. The molecule has 3 heterocycles. The van der Waals surface area contributed by atoms with Crippen molar-refractivity contribution in [3.63, 3.8) is 0 Å². The molecule has 6 nitrogen and oxygen atoms in total. The number of hydrogen-bond donors (Lipinski definition) is 0. The van der Waals surface area contributed by atoms with Crippen LogP contribution in [0, 0.1) is 0 Å². The van der Waals surface area contributed by atoms with Crippen molar-refractivity contribution in [1.82, 2.24) is 14.5 Å². The third-order valence-electron chi connectivity index (χ3n) is 5.44. The van der Waals surface area contributed by atoms with E-state index in [0.717, 1.165) is 23.7 Å². The van der Waals surface area contributed by atoms with Gasteiger partial charge in [-0.25, -0.2) is 4.98 Å². The van der Waals surface area contributed by atoms with E-state index in [0.29, 0.717) is 29.4 Å². The van der Waals surface area contributed by atoms with Gasteiger partial charge in [0, 0.05) is 50.2 Å². The van der Waals surface area contributed by atoms with E-state index in [1.165, 1.54) is 9.27 Å². The summed E-state index contributed by atoms with van der Waals surface area (Å²) in [6.45, 7) is 2.75. The number of aromatic nitrogens is 2. The van der Waals surface area contributed by atoms with Crippen molar-refractivity contribution in [2.24, 2.45) is 7.05 Å². The van der Waals surface area contributed by atoms with Crippen LogP contribution < -0.4 is 10.5 Å². The molecule has 0 radical (unpaired) electrons. The number of amides is 1. The second kappa shape index (κ2) is 7.00. The molecule has 0 saturated carbocycles. The van der Waals surface area contributed by atoms with Crippen LogP contribution in [0.2, 0.25) is 0 Å². The number of piperazine rings is 1. The summed E-state index contributed by atoms with van der Waals surface area (Å²) in [5.41, 5.74) is 1.51. The lowest BCUT2D eigenvalue weighted by Crippen LogP contribution is -2.49. The number of thiazole rings is 1. The molecule has 0 bridgehead atoms. The normalized spacial score (nSPS) is 14.7. The lowest BCUT2D eigenvalue weighted by atomic mass is 10.1. The molecule has 0 N–H and O–H groups in total. The lowest BCUT2D eigenvalue weighted by molar-refractivity contribution is 0.0748. The first-order valence-electron chi connectivity index (χ1n) is 9.60. The number of fused-ring (bicyclic) bond motifs is 2. The quantitative estimate of drug-likeness (QED) is 0.515. The van der Waals surface area contributed by atoms with Gasteiger partial charge in [-0.1, -0.05) is 41.7 Å². The molecule has 2 aromatic carbocycles. The number of aryl methyl sites for hydroxylation is 1. The maximum atomic E-state index is 13.2. The standard InChI is InChI=1S/C22H20N4O2S/c1-24-14-17(15-6-2-3-7-16(15)20(24)27)21(28)25-10-12-26(13-11-25)22-23-18-8-4-5-9-19(18)29-22/h2-9,14H,10-13H2,1H3. The second-order valence-corrected chi connectivity index (χ2v) is 8.26. The summed E-state index contributed by atoms with van der Waals surface area (Å²) in [6, 6.07) is 15.5. The number of nitrogens with zero attached hydrogens (tertiary/aromatic N) is 4. The average Bonchev–Trinajstić information content (AvgIpc) is 3.20. The van der Waals surface area contributed by atoms with Gasteiger partial charge < -0.3 is 14.4 Å². The van der Waals surface area contributed by atoms with Gasteiger partial charge in [0.1, 0.15) is 0 Å². The van der Waals surface area contributed by atoms with E-state index in [1.54, 1.807) is 30.6 Å². The summed E-state index contributed by atoms with van der Waals surface area (Å²) in [5.74, 6) is -0.0271. The third-order valence-corrected chi connectivity index (χ3v) is 6.54. The van der Waals surface area contributed by atoms with Crippen LogP contribution in [0.5, 0.6) is 0 Å². The van der Waals surface area contributed by atoms with E-state index < -0.39 is 0 Å². The van der Waals surface area contributed by atoms with Crippen LogP contribution >= 0.6 is 11.3 Å². The van der Waals surface area contributed by atoms with Gasteiger partial charge in [-0.2, -0.15) is 0 Å². The smallest absolute Gasteiger partial charge is 0.258 e. The Morgan fingerprint density at radius 1 is 0.966 bits per heavy atom. The SMILES string of the molecule is Cn1cc(C(=O)N2CCN(c3nc4ccccc4s3)CC2)c2ccccc2c1=O. The highest BCUT2D eigenvalue weighted by molar-refractivity contribution is 7.22. The highest BCUT2D eigenvalue weighted by atomic mass is 32.1. The molecule has 1 saturated heterocycles. The fourth-order valence-electron chi connectivity index (χ4n) is 3.85. The largest absolute Gasteiger partial charge is 0.345 e. The fourth-order valence-corrected chi connectivity index (χ4v) is 4.87. The van der Waals surface area contributed by atoms with Crippen molar-refractivity contribution in [3.8, 4) is 0 Å². The number of carbonyl (C=O) groups excluding carboxylic acids is 1. The van der Waals surface area contributed by atoms with E-state index in [1.807, 2.05) is 41.3 Å². The van der Waals surface area contributed by atoms with E-state index >= 15 is 0 Å². The Labute approximate surface area is 171 Å². The first kappa shape index (κ1) is 17.9. The number of pyridine rings is 1. The van der Waals surface area contributed by atoms with Gasteiger partial charge in [-0.05, 0) is 18.2 Å². The Bertz CT molecular complexity index is 1250. The molecule has 0 aliphatic carbocycles. The first-order chi connectivity index (χ1) is 14.1. The van der Waals surface area contributed by atoms with Crippen molar-refractivity contribution in [3.05, 3.63) is 70.6 Å².